The molecule has 4 aromatic carbocycles. The maximum Gasteiger partial charge on any atom is 0.419 e. The minimum Gasteiger partial charge on any atom is -0.313 e. The van der Waals surface area contributed by atoms with E-state index in [1.54, 1.807) is 18.2 Å². The van der Waals surface area contributed by atoms with Crippen LogP contribution in [0, 0.1) is 23.3 Å². The van der Waals surface area contributed by atoms with E-state index in [1.165, 1.54) is 12.1 Å². The van der Waals surface area contributed by atoms with Gasteiger partial charge in [0.2, 0.25) is 0 Å². The zero-order valence-electron chi connectivity index (χ0n) is 25.5. The molecule has 1 aliphatic rings. The van der Waals surface area contributed by atoms with Crippen molar-refractivity contribution in [2.75, 3.05) is 0 Å². The first kappa shape index (κ1) is 34.5. The third-order valence-corrected chi connectivity index (χ3v) is 8.73. The maximum atomic E-state index is 15.2. The van der Waals surface area contributed by atoms with Crippen molar-refractivity contribution in [1.29, 1.82) is 0 Å². The Hall–Kier alpha value is -3.79. The summed E-state index contributed by atoms with van der Waals surface area (Å²) in [6.07, 6.45) is -5.22. The predicted molar refractivity (Wildman–Crippen MR) is 162 cm³/mol. The molecule has 10 heteroatoms. The lowest BCUT2D eigenvalue weighted by Gasteiger charge is -2.31. The van der Waals surface area contributed by atoms with Crippen LogP contribution in [0.2, 0.25) is 0 Å². The Morgan fingerprint density at radius 2 is 1.26 bits per heavy atom. The predicted octanol–water partition coefficient (Wildman–Crippen LogP) is 12.1. The van der Waals surface area contributed by atoms with E-state index in [0.29, 0.717) is 36.1 Å². The fourth-order valence-electron chi connectivity index (χ4n) is 6.18. The summed E-state index contributed by atoms with van der Waals surface area (Å²) in [6.45, 7) is 2.10. The van der Waals surface area contributed by atoms with Gasteiger partial charge in [-0.2, -0.15) is 22.0 Å². The first-order valence-corrected chi connectivity index (χ1v) is 15.6. The third kappa shape index (κ3) is 8.03. The Morgan fingerprint density at radius 1 is 0.638 bits per heavy atom. The highest BCUT2D eigenvalue weighted by molar-refractivity contribution is 5.66. The van der Waals surface area contributed by atoms with Crippen molar-refractivity contribution >= 4 is 0 Å². The van der Waals surface area contributed by atoms with Gasteiger partial charge in [-0.05, 0) is 103 Å². The fourth-order valence-corrected chi connectivity index (χ4v) is 6.18. The van der Waals surface area contributed by atoms with Gasteiger partial charge in [0.15, 0.2) is 0 Å². The fraction of sp³-hybridized carbons (Fsp3) is 0.351. The molecule has 0 saturated heterocycles. The average Bonchev–Trinajstić information content (AvgIpc) is 3.00. The SMILES string of the molecule is CCCCCc1ccc(-c2cc(F)c(C(F)(F)OC3CCC(c4ccc(-c5ccc(C(F)(F)F)c(F)c5)c(F)c4)CC3)c(F)c2)cc1. The van der Waals surface area contributed by atoms with Crippen LogP contribution in [0.1, 0.15) is 80.0 Å². The molecule has 0 aliphatic heterocycles. The summed E-state index contributed by atoms with van der Waals surface area (Å²) in [4.78, 5) is 0. The number of aryl methyl sites for hydroxylation is 1. The molecule has 0 aromatic heterocycles. The topological polar surface area (TPSA) is 9.23 Å². The first-order valence-electron chi connectivity index (χ1n) is 15.6. The molecular formula is C37H33F9O. The molecule has 0 radical (unpaired) electrons. The van der Waals surface area contributed by atoms with Crippen molar-refractivity contribution in [3.05, 3.63) is 118 Å². The molecular weight excluding hydrogens is 631 g/mol. The molecule has 0 atom stereocenters. The van der Waals surface area contributed by atoms with Crippen molar-refractivity contribution in [2.45, 2.75) is 82.6 Å². The van der Waals surface area contributed by atoms with E-state index in [9.17, 15) is 30.7 Å². The van der Waals surface area contributed by atoms with E-state index in [0.717, 1.165) is 49.4 Å². The number of hydrogen-bond acceptors (Lipinski definition) is 1. The summed E-state index contributed by atoms with van der Waals surface area (Å²) in [5.74, 6) is -5.39. The number of alkyl halides is 5. The molecule has 0 amide bonds. The molecule has 0 unspecified atom stereocenters. The van der Waals surface area contributed by atoms with Gasteiger partial charge in [0.1, 0.15) is 28.8 Å². The van der Waals surface area contributed by atoms with Gasteiger partial charge in [0, 0.05) is 5.56 Å². The Morgan fingerprint density at radius 3 is 1.83 bits per heavy atom. The minimum absolute atomic E-state index is 0.0675. The maximum absolute atomic E-state index is 15.2. The lowest BCUT2D eigenvalue weighted by molar-refractivity contribution is -0.280. The summed E-state index contributed by atoms with van der Waals surface area (Å²) in [5.41, 5.74) is -0.846. The average molecular weight is 665 g/mol. The highest BCUT2D eigenvalue weighted by Crippen LogP contribution is 2.42. The largest absolute Gasteiger partial charge is 0.419 e. The quantitative estimate of drug-likeness (QED) is 0.121. The van der Waals surface area contributed by atoms with Crippen LogP contribution < -0.4 is 0 Å². The molecule has 0 spiro atoms. The highest BCUT2D eigenvalue weighted by atomic mass is 19.4. The van der Waals surface area contributed by atoms with E-state index < -0.39 is 52.8 Å². The Balaban J connectivity index is 1.22. The van der Waals surface area contributed by atoms with Crippen molar-refractivity contribution in [2.24, 2.45) is 0 Å². The van der Waals surface area contributed by atoms with Crippen LogP contribution in [0.5, 0.6) is 0 Å². The van der Waals surface area contributed by atoms with Gasteiger partial charge in [-0.3, -0.25) is 0 Å². The lowest BCUT2D eigenvalue weighted by atomic mass is 9.82. The van der Waals surface area contributed by atoms with E-state index in [-0.39, 0.29) is 35.4 Å². The van der Waals surface area contributed by atoms with Crippen LogP contribution in [0.25, 0.3) is 22.3 Å². The van der Waals surface area contributed by atoms with Gasteiger partial charge in [-0.1, -0.05) is 62.2 Å². The number of unbranched alkanes of at least 4 members (excludes halogenated alkanes) is 2. The Bertz CT molecular complexity index is 1660. The van der Waals surface area contributed by atoms with Crippen LogP contribution >= 0.6 is 0 Å². The molecule has 0 N–H and O–H groups in total. The third-order valence-electron chi connectivity index (χ3n) is 8.73. The zero-order chi connectivity index (χ0) is 33.9. The van der Waals surface area contributed by atoms with Gasteiger partial charge in [0.25, 0.3) is 0 Å². The van der Waals surface area contributed by atoms with Crippen LogP contribution in [-0.4, -0.2) is 6.10 Å². The van der Waals surface area contributed by atoms with Gasteiger partial charge in [-0.25, -0.2) is 17.6 Å². The molecule has 250 valence electrons. The summed E-state index contributed by atoms with van der Waals surface area (Å²) in [6, 6.07) is 15.1. The molecule has 1 nitrogen and oxygen atoms in total. The molecule has 1 aliphatic carbocycles. The molecule has 0 bridgehead atoms. The highest BCUT2D eigenvalue weighted by Gasteiger charge is 2.43. The monoisotopic (exact) mass is 664 g/mol. The van der Waals surface area contributed by atoms with Gasteiger partial charge in [-0.15, -0.1) is 0 Å². The second-order valence-electron chi connectivity index (χ2n) is 12.0. The van der Waals surface area contributed by atoms with E-state index in [1.807, 2.05) is 12.1 Å². The van der Waals surface area contributed by atoms with Crippen molar-refractivity contribution in [1.82, 2.24) is 0 Å². The summed E-state index contributed by atoms with van der Waals surface area (Å²) < 4.78 is 133. The number of ether oxygens (including phenoxy) is 1. The van der Waals surface area contributed by atoms with E-state index in [2.05, 4.69) is 6.92 Å². The standard InChI is InChI=1S/C37H33F9O/c1-2-3-4-5-22-6-8-24(9-7-22)27-20-33(40)35(34(41)21-27)37(45,46)47-28-14-10-23(11-15-28)25-12-16-29(31(38)18-25)26-13-17-30(32(39)19-26)36(42,43)44/h6-9,12-13,16-21,23,28H,2-5,10-11,14-15H2,1H3. The normalized spacial score (nSPS) is 17.2. The molecule has 1 fully saturated rings. The number of rotatable bonds is 10. The molecule has 1 saturated carbocycles. The minimum atomic E-state index is -4.88. The van der Waals surface area contributed by atoms with Crippen molar-refractivity contribution < 1.29 is 44.3 Å². The summed E-state index contributed by atoms with van der Waals surface area (Å²) in [5, 5.41) is 0. The molecule has 47 heavy (non-hydrogen) atoms. The van der Waals surface area contributed by atoms with E-state index >= 15 is 8.78 Å². The molecule has 5 rings (SSSR count). The number of hydrogen-bond donors (Lipinski definition) is 0. The second kappa shape index (κ2) is 14.1. The smallest absolute Gasteiger partial charge is 0.313 e. The van der Waals surface area contributed by atoms with Crippen molar-refractivity contribution in [3.63, 3.8) is 0 Å². The molecule has 4 aromatic rings. The summed E-state index contributed by atoms with van der Waals surface area (Å²) in [7, 11) is 0. The number of benzene rings is 4. The summed E-state index contributed by atoms with van der Waals surface area (Å²) >= 11 is 0. The van der Waals surface area contributed by atoms with E-state index in [4.69, 9.17) is 4.74 Å². The van der Waals surface area contributed by atoms with Crippen LogP contribution in [0.4, 0.5) is 39.5 Å². The first-order chi connectivity index (χ1) is 22.3. The Labute approximate surface area is 267 Å². The van der Waals surface area contributed by atoms with Crippen LogP contribution in [0.15, 0.2) is 72.8 Å². The Kier molecular flexibility index (Phi) is 10.4. The van der Waals surface area contributed by atoms with Gasteiger partial charge >= 0.3 is 12.3 Å². The second-order valence-corrected chi connectivity index (χ2v) is 12.0. The number of halogens is 9. The zero-order valence-corrected chi connectivity index (χ0v) is 25.5. The lowest BCUT2D eigenvalue weighted by Crippen LogP contribution is -2.31. The van der Waals surface area contributed by atoms with Gasteiger partial charge < -0.3 is 4.74 Å². The van der Waals surface area contributed by atoms with Crippen LogP contribution in [0.3, 0.4) is 0 Å². The van der Waals surface area contributed by atoms with Crippen LogP contribution in [-0.2, 0) is 23.4 Å². The molecule has 0 heterocycles. The van der Waals surface area contributed by atoms with Gasteiger partial charge in [0.05, 0.1) is 11.7 Å². The van der Waals surface area contributed by atoms with Crippen molar-refractivity contribution in [3.8, 4) is 22.3 Å².